The fourth-order valence-electron chi connectivity index (χ4n) is 0.162. The minimum absolute atomic E-state index is 0.0451. The van der Waals surface area contributed by atoms with E-state index in [1.807, 2.05) is 34.6 Å². The zero-order chi connectivity index (χ0) is 20.6. The Kier molecular flexibility index (Phi) is 21.4. The molecule has 24 heavy (non-hydrogen) atoms. The first-order valence-electron chi connectivity index (χ1n) is 8.65. The van der Waals surface area contributed by atoms with Crippen LogP contribution in [0, 0.1) is 16.2 Å². The number of aliphatic hydroxyl groups excluding tert-OH is 5. The average Bonchev–Trinajstić information content (AvgIpc) is 2.47. The van der Waals surface area contributed by atoms with Gasteiger partial charge in [-0.2, -0.15) is 0 Å². The van der Waals surface area contributed by atoms with Gasteiger partial charge < -0.3 is 25.5 Å². The van der Waals surface area contributed by atoms with Crippen molar-refractivity contribution in [3.63, 3.8) is 0 Å². The van der Waals surface area contributed by atoms with Crippen molar-refractivity contribution in [2.24, 2.45) is 16.2 Å². The molecule has 0 aliphatic rings. The molecule has 0 bridgehead atoms. The van der Waals surface area contributed by atoms with Gasteiger partial charge in [0, 0.05) is 24.7 Å². The predicted octanol–water partition coefficient (Wildman–Crippen LogP) is 2.82. The summed E-state index contributed by atoms with van der Waals surface area (Å²) >= 11 is 0. The highest BCUT2D eigenvalue weighted by molar-refractivity contribution is 4.63. The normalized spacial score (nSPS) is 11.5. The van der Waals surface area contributed by atoms with E-state index in [1.54, 1.807) is 27.7 Å². The highest BCUT2D eigenvalue weighted by Crippen LogP contribution is 2.16. The third-order valence-electron chi connectivity index (χ3n) is 2.72. The highest BCUT2D eigenvalue weighted by atomic mass is 16.3. The van der Waals surface area contributed by atoms with Crippen molar-refractivity contribution in [2.45, 2.75) is 81.8 Å². The smallest absolute Gasteiger partial charge is 0.0504 e. The van der Waals surface area contributed by atoms with Gasteiger partial charge in [-0.25, -0.2) is 0 Å². The van der Waals surface area contributed by atoms with Crippen LogP contribution < -0.4 is 0 Å². The van der Waals surface area contributed by atoms with E-state index in [9.17, 15) is 0 Å². The fraction of sp³-hybridized carbons (Fsp3) is 1.00. The van der Waals surface area contributed by atoms with E-state index in [2.05, 4.69) is 6.92 Å². The molecule has 5 N–H and O–H groups in total. The minimum atomic E-state index is -0.306. The molecule has 0 fully saturated rings. The van der Waals surface area contributed by atoms with E-state index >= 15 is 0 Å². The summed E-state index contributed by atoms with van der Waals surface area (Å²) in [6, 6.07) is 0. The van der Waals surface area contributed by atoms with Crippen LogP contribution in [0.2, 0.25) is 0 Å². The molecule has 5 nitrogen and oxygen atoms in total. The van der Waals surface area contributed by atoms with Crippen molar-refractivity contribution >= 4 is 0 Å². The average molecular weight is 355 g/mol. The molecule has 0 aromatic carbocycles. The van der Waals surface area contributed by atoms with Gasteiger partial charge >= 0.3 is 0 Å². The lowest BCUT2D eigenvalue weighted by atomic mass is 9.92. The van der Waals surface area contributed by atoms with Crippen molar-refractivity contribution in [1.29, 1.82) is 0 Å². The molecule has 5 heteroatoms. The summed E-state index contributed by atoms with van der Waals surface area (Å²) in [4.78, 5) is 0. The first-order valence-corrected chi connectivity index (χ1v) is 8.65. The van der Waals surface area contributed by atoms with E-state index in [1.165, 1.54) is 0 Å². The molecule has 0 amide bonds. The van der Waals surface area contributed by atoms with E-state index in [-0.39, 0.29) is 42.2 Å². The fourth-order valence-corrected chi connectivity index (χ4v) is 0.162. The zero-order valence-corrected chi connectivity index (χ0v) is 17.8. The Balaban J connectivity index is -0.000000113. The van der Waals surface area contributed by atoms with Crippen molar-refractivity contribution in [2.75, 3.05) is 26.4 Å². The van der Waals surface area contributed by atoms with Gasteiger partial charge in [-0.05, 0) is 31.1 Å². The lowest BCUT2D eigenvalue weighted by Gasteiger charge is -2.17. The maximum Gasteiger partial charge on any atom is 0.0504 e. The zero-order valence-electron chi connectivity index (χ0n) is 17.8. The largest absolute Gasteiger partial charge is 0.396 e. The van der Waals surface area contributed by atoms with Gasteiger partial charge in [-0.1, -0.05) is 55.4 Å². The van der Waals surface area contributed by atoms with Gasteiger partial charge in [0.25, 0.3) is 0 Å². The van der Waals surface area contributed by atoms with Crippen molar-refractivity contribution in [1.82, 2.24) is 0 Å². The predicted molar refractivity (Wildman–Crippen MR) is 103 cm³/mol. The summed E-state index contributed by atoms with van der Waals surface area (Å²) in [6.45, 7) is 19.9. The topological polar surface area (TPSA) is 101 Å². The van der Waals surface area contributed by atoms with Crippen LogP contribution in [-0.2, 0) is 0 Å². The third kappa shape index (κ3) is 43.1. The van der Waals surface area contributed by atoms with Gasteiger partial charge in [-0.3, -0.25) is 0 Å². The molecule has 0 aromatic heterocycles. The molecular formula is C19H46O5. The molecule has 0 saturated carbocycles. The second kappa shape index (κ2) is 16.3. The highest BCUT2D eigenvalue weighted by Gasteiger charge is 2.13. The van der Waals surface area contributed by atoms with Crippen molar-refractivity contribution < 1.29 is 25.5 Å². The summed E-state index contributed by atoms with van der Waals surface area (Å²) in [6.07, 6.45) is 0.878. The van der Waals surface area contributed by atoms with Gasteiger partial charge in [0.2, 0.25) is 0 Å². The minimum Gasteiger partial charge on any atom is -0.396 e. The quantitative estimate of drug-likeness (QED) is 0.534. The molecule has 0 unspecified atom stereocenters. The summed E-state index contributed by atoms with van der Waals surface area (Å²) in [7, 11) is 0. The Bertz CT molecular complexity index is 212. The molecule has 0 atom stereocenters. The van der Waals surface area contributed by atoms with Crippen LogP contribution in [0.5, 0.6) is 0 Å². The Hall–Kier alpha value is -0.200. The Morgan fingerprint density at radius 1 is 0.625 bits per heavy atom. The lowest BCUT2D eigenvalue weighted by molar-refractivity contribution is 0.0857. The van der Waals surface area contributed by atoms with Gasteiger partial charge in [-0.15, -0.1) is 0 Å². The summed E-state index contributed by atoms with van der Waals surface area (Å²) < 4.78 is 0. The van der Waals surface area contributed by atoms with Gasteiger partial charge in [0.1, 0.15) is 0 Å². The van der Waals surface area contributed by atoms with Crippen LogP contribution in [0.25, 0.3) is 0 Å². The molecule has 0 heterocycles. The molecule has 0 radical (unpaired) electrons. The van der Waals surface area contributed by atoms with Gasteiger partial charge in [0.05, 0.1) is 13.2 Å². The van der Waals surface area contributed by atoms with E-state index in [4.69, 9.17) is 25.5 Å². The van der Waals surface area contributed by atoms with Crippen LogP contribution in [-0.4, -0.2) is 58.1 Å². The summed E-state index contributed by atoms with van der Waals surface area (Å²) in [5, 5.41) is 41.9. The second-order valence-electron chi connectivity index (χ2n) is 8.97. The number of aliphatic hydroxyl groups is 5. The molecule has 0 rings (SSSR count). The number of hydrogen-bond donors (Lipinski definition) is 5. The van der Waals surface area contributed by atoms with Crippen molar-refractivity contribution in [3.8, 4) is 0 Å². The molecule has 0 aliphatic heterocycles. The van der Waals surface area contributed by atoms with Crippen LogP contribution in [0.1, 0.15) is 75.7 Å². The van der Waals surface area contributed by atoms with E-state index in [0.717, 1.165) is 6.42 Å². The van der Waals surface area contributed by atoms with Crippen LogP contribution in [0.3, 0.4) is 0 Å². The van der Waals surface area contributed by atoms with Crippen LogP contribution in [0.15, 0.2) is 0 Å². The molecule has 152 valence electrons. The van der Waals surface area contributed by atoms with E-state index < -0.39 is 0 Å². The maximum atomic E-state index is 8.59. The van der Waals surface area contributed by atoms with Crippen LogP contribution >= 0.6 is 0 Å². The second-order valence-corrected chi connectivity index (χ2v) is 8.97. The SMILES string of the molecule is CC(C)(C)CO.CC(C)(CO)CO.CC(C)O.CCC(C)(C)CO. The lowest BCUT2D eigenvalue weighted by Crippen LogP contribution is -2.20. The Morgan fingerprint density at radius 2 is 0.833 bits per heavy atom. The molecule has 0 saturated heterocycles. The van der Waals surface area contributed by atoms with Crippen molar-refractivity contribution in [3.05, 3.63) is 0 Å². The number of hydrogen-bond acceptors (Lipinski definition) is 5. The molecular weight excluding hydrogens is 308 g/mol. The first kappa shape index (κ1) is 31.6. The molecule has 0 aliphatic carbocycles. The first-order chi connectivity index (χ1) is 10.5. The summed E-state index contributed by atoms with van der Waals surface area (Å²) in [5.41, 5.74) is -0.0694. The van der Waals surface area contributed by atoms with Crippen LogP contribution in [0.4, 0.5) is 0 Å². The van der Waals surface area contributed by atoms with E-state index in [0.29, 0.717) is 6.61 Å². The number of rotatable bonds is 4. The monoisotopic (exact) mass is 354 g/mol. The maximum absolute atomic E-state index is 8.59. The third-order valence-corrected chi connectivity index (χ3v) is 2.72. The Morgan fingerprint density at radius 3 is 0.833 bits per heavy atom. The molecule has 0 aromatic rings. The standard InChI is InChI=1S/C6H14O.C5H12O2.C5H12O.C3H8O/c1-4-6(2,3)5-7;1-5(2,3-6)4-7;1-5(2,3)4-6;1-3(2)4/h7H,4-5H2,1-3H3;6-7H,3-4H2,1-2H3;6H,4H2,1-3H3;3-4H,1-2H3. The van der Waals surface area contributed by atoms with Gasteiger partial charge in [0.15, 0.2) is 0 Å². The summed E-state index contributed by atoms with van der Waals surface area (Å²) in [5.74, 6) is 0. The molecule has 0 spiro atoms. The Labute approximate surface area is 150 Å².